The predicted octanol–water partition coefficient (Wildman–Crippen LogP) is 3.92. The lowest BCUT2D eigenvalue weighted by Gasteiger charge is -2.12. The third-order valence-corrected chi connectivity index (χ3v) is 4.08. The van der Waals surface area contributed by atoms with Gasteiger partial charge < -0.3 is 5.32 Å². The predicted molar refractivity (Wildman–Crippen MR) is 88.7 cm³/mol. The molecule has 1 aromatic heterocycles. The topological polar surface area (TPSA) is 65.8 Å². The molecule has 0 bridgehead atoms. The average molecular weight is 379 g/mol. The summed E-state index contributed by atoms with van der Waals surface area (Å²) in [6, 6.07) is 7.37. The van der Waals surface area contributed by atoms with Gasteiger partial charge in [0.1, 0.15) is 5.69 Å². The van der Waals surface area contributed by atoms with Gasteiger partial charge in [-0.15, -0.1) is 0 Å². The largest absolute Gasteiger partial charge is 0.347 e. The van der Waals surface area contributed by atoms with Gasteiger partial charge in [0, 0.05) is 12.7 Å². The summed E-state index contributed by atoms with van der Waals surface area (Å²) in [7, 11) is 0. The molecule has 22 heavy (non-hydrogen) atoms. The summed E-state index contributed by atoms with van der Waals surface area (Å²) >= 11 is 9.09. The number of pyridine rings is 1. The molecule has 0 atom stereocenters. The first kappa shape index (κ1) is 16.5. The normalized spacial score (nSPS) is 10.1. The summed E-state index contributed by atoms with van der Waals surface area (Å²) in [5.74, 6) is -0.285. The van der Waals surface area contributed by atoms with Crippen LogP contribution in [-0.2, 0) is 6.54 Å². The van der Waals surface area contributed by atoms with Crippen LogP contribution in [0.5, 0.6) is 0 Å². The molecule has 4 nitrogen and oxygen atoms in total. The van der Waals surface area contributed by atoms with E-state index in [0.717, 1.165) is 16.7 Å². The average Bonchev–Trinajstić information content (AvgIpc) is 2.45. The first-order valence-corrected chi connectivity index (χ1v) is 7.69. The molecule has 0 aliphatic rings. The minimum absolute atomic E-state index is 0.285. The van der Waals surface area contributed by atoms with E-state index in [1.807, 2.05) is 26.0 Å². The number of nitriles is 1. The van der Waals surface area contributed by atoms with Crippen molar-refractivity contribution in [3.63, 3.8) is 0 Å². The van der Waals surface area contributed by atoms with Gasteiger partial charge in [-0.05, 0) is 64.7 Å². The Morgan fingerprint density at radius 3 is 2.55 bits per heavy atom. The molecule has 0 radical (unpaired) electrons. The minimum atomic E-state index is -0.285. The van der Waals surface area contributed by atoms with E-state index in [-0.39, 0.29) is 11.6 Å². The second kappa shape index (κ2) is 6.91. The zero-order valence-electron chi connectivity index (χ0n) is 12.1. The van der Waals surface area contributed by atoms with E-state index < -0.39 is 0 Å². The second-order valence-corrected chi connectivity index (χ2v) is 6.16. The summed E-state index contributed by atoms with van der Waals surface area (Å²) < 4.78 is 0.547. The number of aryl methyl sites for hydroxylation is 2. The van der Waals surface area contributed by atoms with Crippen LogP contribution in [0.4, 0.5) is 0 Å². The van der Waals surface area contributed by atoms with Crippen LogP contribution >= 0.6 is 27.5 Å². The third-order valence-electron chi connectivity index (χ3n) is 3.27. The molecule has 0 spiro atoms. The van der Waals surface area contributed by atoms with E-state index in [0.29, 0.717) is 21.6 Å². The van der Waals surface area contributed by atoms with Crippen LogP contribution in [0.3, 0.4) is 0 Å². The highest BCUT2D eigenvalue weighted by Crippen LogP contribution is 2.20. The molecule has 0 aliphatic carbocycles. The van der Waals surface area contributed by atoms with Gasteiger partial charge in [-0.1, -0.05) is 11.6 Å². The summed E-state index contributed by atoms with van der Waals surface area (Å²) in [5, 5.41) is 12.3. The smallest absolute Gasteiger partial charge is 0.271 e. The molecule has 0 aliphatic heterocycles. The molecule has 1 amide bonds. The number of amides is 1. The minimum Gasteiger partial charge on any atom is -0.347 e. The van der Waals surface area contributed by atoms with Crippen LogP contribution in [0.2, 0.25) is 5.02 Å². The second-order valence-electron chi connectivity index (χ2n) is 4.87. The quantitative estimate of drug-likeness (QED) is 0.880. The molecule has 6 heteroatoms. The monoisotopic (exact) mass is 377 g/mol. The van der Waals surface area contributed by atoms with E-state index in [1.165, 1.54) is 6.20 Å². The van der Waals surface area contributed by atoms with Gasteiger partial charge in [0.15, 0.2) is 0 Å². The maximum Gasteiger partial charge on any atom is 0.271 e. The van der Waals surface area contributed by atoms with Gasteiger partial charge >= 0.3 is 0 Å². The van der Waals surface area contributed by atoms with Gasteiger partial charge in [-0.2, -0.15) is 5.26 Å². The molecule has 1 heterocycles. The maximum atomic E-state index is 12.2. The third kappa shape index (κ3) is 3.65. The molecule has 0 saturated carbocycles. The summed E-state index contributed by atoms with van der Waals surface area (Å²) in [6.07, 6.45) is 1.43. The van der Waals surface area contributed by atoms with E-state index in [2.05, 4.69) is 32.3 Å². The van der Waals surface area contributed by atoms with Crippen molar-refractivity contribution in [1.82, 2.24) is 10.3 Å². The highest BCUT2D eigenvalue weighted by Gasteiger charge is 2.13. The zero-order valence-corrected chi connectivity index (χ0v) is 14.4. The van der Waals surface area contributed by atoms with Crippen LogP contribution in [0, 0.1) is 25.2 Å². The number of rotatable bonds is 3. The van der Waals surface area contributed by atoms with E-state index in [9.17, 15) is 4.79 Å². The Morgan fingerprint density at radius 2 is 2.00 bits per heavy atom. The number of halogens is 2. The number of nitrogens with zero attached hydrogens (tertiary/aromatic N) is 2. The highest BCUT2D eigenvalue weighted by molar-refractivity contribution is 9.10. The van der Waals surface area contributed by atoms with Crippen molar-refractivity contribution in [2.45, 2.75) is 20.4 Å². The number of nitrogens with one attached hydrogen (secondary N) is 1. The molecule has 1 aromatic carbocycles. The molecular formula is C16H13BrClN3O. The van der Waals surface area contributed by atoms with Gasteiger partial charge in [0.05, 0.1) is 21.1 Å². The number of carbonyl (C=O) groups excluding carboxylic acids is 1. The Balaban J connectivity index is 2.17. The Labute approximate surface area is 142 Å². The number of carbonyl (C=O) groups is 1. The van der Waals surface area contributed by atoms with Crippen LogP contribution in [0.1, 0.15) is 32.7 Å². The van der Waals surface area contributed by atoms with Crippen LogP contribution in [0.15, 0.2) is 28.9 Å². The molecule has 0 fully saturated rings. The fraction of sp³-hybridized carbons (Fsp3) is 0.188. The van der Waals surface area contributed by atoms with Crippen molar-refractivity contribution in [2.24, 2.45) is 0 Å². The van der Waals surface area contributed by atoms with E-state index in [1.54, 1.807) is 6.07 Å². The number of benzene rings is 1. The molecule has 0 saturated heterocycles. The Morgan fingerprint density at radius 1 is 1.36 bits per heavy atom. The maximum absolute atomic E-state index is 12.2. The lowest BCUT2D eigenvalue weighted by atomic mass is 9.99. The highest BCUT2D eigenvalue weighted by atomic mass is 79.9. The van der Waals surface area contributed by atoms with E-state index in [4.69, 9.17) is 16.9 Å². The number of hydrogen-bond acceptors (Lipinski definition) is 3. The van der Waals surface area contributed by atoms with Gasteiger partial charge in [0.25, 0.3) is 5.91 Å². The molecule has 112 valence electrons. The number of hydrogen-bond donors (Lipinski definition) is 1. The standard InChI is InChI=1S/C16H13BrClN3O/c1-9-3-11(6-19)4-10(2)13(9)8-21-16(22)15-14(17)5-12(18)7-20-15/h3-5,7H,8H2,1-2H3,(H,21,22). The van der Waals surface area contributed by atoms with Crippen molar-refractivity contribution in [2.75, 3.05) is 0 Å². The number of aromatic nitrogens is 1. The zero-order chi connectivity index (χ0) is 16.3. The summed E-state index contributed by atoms with van der Waals surface area (Å²) in [5.41, 5.74) is 3.85. The van der Waals surface area contributed by atoms with E-state index >= 15 is 0 Å². The fourth-order valence-corrected chi connectivity index (χ4v) is 2.99. The van der Waals surface area contributed by atoms with Crippen LogP contribution < -0.4 is 5.32 Å². The molecule has 2 rings (SSSR count). The first-order chi connectivity index (χ1) is 10.4. The molecular weight excluding hydrogens is 366 g/mol. The summed E-state index contributed by atoms with van der Waals surface area (Å²) in [6.45, 7) is 4.22. The van der Waals surface area contributed by atoms with Crippen LogP contribution in [-0.4, -0.2) is 10.9 Å². The fourth-order valence-electron chi connectivity index (χ4n) is 2.17. The van der Waals surface area contributed by atoms with Crippen molar-refractivity contribution < 1.29 is 4.79 Å². The van der Waals surface area contributed by atoms with Crippen molar-refractivity contribution in [3.05, 3.63) is 61.8 Å². The first-order valence-electron chi connectivity index (χ1n) is 6.52. The van der Waals surface area contributed by atoms with Crippen molar-refractivity contribution in [1.29, 1.82) is 5.26 Å². The van der Waals surface area contributed by atoms with Gasteiger partial charge in [-0.25, -0.2) is 4.98 Å². The van der Waals surface area contributed by atoms with Crippen molar-refractivity contribution >= 4 is 33.4 Å². The SMILES string of the molecule is Cc1cc(C#N)cc(C)c1CNC(=O)c1ncc(Cl)cc1Br. The summed E-state index contributed by atoms with van der Waals surface area (Å²) in [4.78, 5) is 16.2. The Kier molecular flexibility index (Phi) is 5.17. The lowest BCUT2D eigenvalue weighted by molar-refractivity contribution is 0.0945. The molecule has 1 N–H and O–H groups in total. The van der Waals surface area contributed by atoms with Crippen molar-refractivity contribution in [3.8, 4) is 6.07 Å². The van der Waals surface area contributed by atoms with Gasteiger partial charge in [0.2, 0.25) is 0 Å². The Hall–Kier alpha value is -1.90. The Bertz CT molecular complexity index is 760. The van der Waals surface area contributed by atoms with Gasteiger partial charge in [-0.3, -0.25) is 4.79 Å². The molecule has 0 unspecified atom stereocenters. The van der Waals surface area contributed by atoms with Crippen LogP contribution in [0.25, 0.3) is 0 Å². The molecule has 2 aromatic rings. The lowest BCUT2D eigenvalue weighted by Crippen LogP contribution is -2.25.